The van der Waals surface area contributed by atoms with Crippen molar-refractivity contribution in [3.05, 3.63) is 53.0 Å². The minimum Gasteiger partial charge on any atom is -0.464 e. The van der Waals surface area contributed by atoms with Crippen LogP contribution in [0.4, 0.5) is 0 Å². The molecular formula is C18H22N2O4S. The molecule has 0 radical (unpaired) electrons. The molecule has 3 N–H and O–H groups in total. The average Bonchev–Trinajstić information content (AvgIpc) is 2.81. The SMILES string of the molecule is Cc1oc(C)c(S(N)(=O)=O)c1C(=O)NCC1(c2ccccc2)CCC1. The highest BCUT2D eigenvalue weighted by Gasteiger charge is 2.39. The molecule has 1 aromatic heterocycles. The number of primary sulfonamides is 1. The molecule has 0 aliphatic heterocycles. The Morgan fingerprint density at radius 1 is 1.20 bits per heavy atom. The van der Waals surface area contributed by atoms with Gasteiger partial charge in [0.2, 0.25) is 10.0 Å². The highest BCUT2D eigenvalue weighted by molar-refractivity contribution is 7.89. The molecule has 3 rings (SSSR count). The van der Waals surface area contributed by atoms with Crippen molar-refractivity contribution in [2.45, 2.75) is 43.4 Å². The van der Waals surface area contributed by atoms with Crippen molar-refractivity contribution in [3.8, 4) is 0 Å². The third-order valence-electron chi connectivity index (χ3n) is 5.00. The molecular weight excluding hydrogens is 340 g/mol. The van der Waals surface area contributed by atoms with Crippen LogP contribution in [0.25, 0.3) is 0 Å². The fourth-order valence-corrected chi connectivity index (χ4v) is 4.53. The van der Waals surface area contributed by atoms with Crippen molar-refractivity contribution in [2.24, 2.45) is 5.14 Å². The standard InChI is InChI=1S/C18H22N2O4S/c1-12-15(16(13(2)24-12)25(19,22)23)17(21)20-11-18(9-6-10-18)14-7-4-3-5-8-14/h3-5,7-8H,6,9-11H2,1-2H3,(H,20,21)(H2,19,22,23). The summed E-state index contributed by atoms with van der Waals surface area (Å²) in [6.45, 7) is 3.50. The van der Waals surface area contributed by atoms with E-state index < -0.39 is 15.9 Å². The molecule has 1 amide bonds. The van der Waals surface area contributed by atoms with Gasteiger partial charge in [-0.15, -0.1) is 0 Å². The lowest BCUT2D eigenvalue weighted by Crippen LogP contribution is -2.45. The Bertz CT molecular complexity index is 897. The van der Waals surface area contributed by atoms with E-state index in [1.807, 2.05) is 18.2 Å². The first-order chi connectivity index (χ1) is 11.7. The summed E-state index contributed by atoms with van der Waals surface area (Å²) in [5.41, 5.74) is 1.10. The number of nitrogens with two attached hydrogens (primary N) is 1. The van der Waals surface area contributed by atoms with Crippen molar-refractivity contribution >= 4 is 15.9 Å². The van der Waals surface area contributed by atoms with Gasteiger partial charge in [-0.1, -0.05) is 36.8 Å². The van der Waals surface area contributed by atoms with E-state index in [9.17, 15) is 13.2 Å². The molecule has 0 spiro atoms. The van der Waals surface area contributed by atoms with Crippen LogP contribution in [0.3, 0.4) is 0 Å². The summed E-state index contributed by atoms with van der Waals surface area (Å²) in [6, 6.07) is 10.1. The van der Waals surface area contributed by atoms with Crippen molar-refractivity contribution < 1.29 is 17.6 Å². The molecule has 7 heteroatoms. The van der Waals surface area contributed by atoms with Crippen molar-refractivity contribution in [2.75, 3.05) is 6.54 Å². The maximum atomic E-state index is 12.7. The number of benzene rings is 1. The van der Waals surface area contributed by atoms with Crippen LogP contribution in [0, 0.1) is 13.8 Å². The van der Waals surface area contributed by atoms with Crippen LogP contribution in [0.5, 0.6) is 0 Å². The molecule has 0 bridgehead atoms. The summed E-state index contributed by atoms with van der Waals surface area (Å²) in [7, 11) is -4.04. The summed E-state index contributed by atoms with van der Waals surface area (Å²) in [4.78, 5) is 12.4. The van der Waals surface area contributed by atoms with Gasteiger partial charge in [0.05, 0.1) is 0 Å². The average molecular weight is 362 g/mol. The van der Waals surface area contributed by atoms with Gasteiger partial charge < -0.3 is 9.73 Å². The Hall–Kier alpha value is -2.12. The summed E-state index contributed by atoms with van der Waals surface area (Å²) in [5, 5.41) is 8.14. The number of carbonyl (C=O) groups is 1. The molecule has 0 atom stereocenters. The fourth-order valence-electron chi connectivity index (χ4n) is 3.57. The zero-order valence-electron chi connectivity index (χ0n) is 14.3. The molecule has 0 saturated heterocycles. The van der Waals surface area contributed by atoms with Crippen LogP contribution in [-0.4, -0.2) is 20.9 Å². The second kappa shape index (κ2) is 6.31. The van der Waals surface area contributed by atoms with E-state index in [0.717, 1.165) is 19.3 Å². The summed E-state index contributed by atoms with van der Waals surface area (Å²) >= 11 is 0. The molecule has 2 aromatic rings. The topological polar surface area (TPSA) is 102 Å². The number of rotatable bonds is 5. The van der Waals surface area contributed by atoms with Crippen molar-refractivity contribution in [1.82, 2.24) is 5.32 Å². The van der Waals surface area contributed by atoms with Gasteiger partial charge in [0, 0.05) is 12.0 Å². The monoisotopic (exact) mass is 362 g/mol. The van der Waals surface area contributed by atoms with Gasteiger partial charge in [-0.25, -0.2) is 13.6 Å². The van der Waals surface area contributed by atoms with Crippen LogP contribution in [0.2, 0.25) is 0 Å². The number of sulfonamides is 1. The van der Waals surface area contributed by atoms with Gasteiger partial charge in [0.25, 0.3) is 5.91 Å². The normalized spacial score (nSPS) is 16.3. The minimum absolute atomic E-state index is 0.00235. The number of amides is 1. The Kier molecular flexibility index (Phi) is 4.47. The maximum absolute atomic E-state index is 12.7. The first kappa shape index (κ1) is 17.7. The van der Waals surface area contributed by atoms with E-state index in [-0.39, 0.29) is 27.4 Å². The lowest BCUT2D eigenvalue weighted by molar-refractivity contribution is 0.0923. The zero-order valence-corrected chi connectivity index (χ0v) is 15.2. The van der Waals surface area contributed by atoms with Crippen molar-refractivity contribution in [1.29, 1.82) is 0 Å². The number of carbonyl (C=O) groups excluding carboxylic acids is 1. The van der Waals surface area contributed by atoms with Crippen LogP contribution < -0.4 is 10.5 Å². The lowest BCUT2D eigenvalue weighted by Gasteiger charge is -2.42. The van der Waals surface area contributed by atoms with Gasteiger partial charge in [-0.2, -0.15) is 0 Å². The van der Waals surface area contributed by atoms with Gasteiger partial charge in [0.15, 0.2) is 0 Å². The van der Waals surface area contributed by atoms with Crippen LogP contribution in [-0.2, 0) is 15.4 Å². The van der Waals surface area contributed by atoms with Gasteiger partial charge in [-0.3, -0.25) is 4.79 Å². The first-order valence-corrected chi connectivity index (χ1v) is 9.76. The minimum atomic E-state index is -4.04. The number of nitrogens with one attached hydrogen (secondary N) is 1. The smallest absolute Gasteiger partial charge is 0.256 e. The van der Waals surface area contributed by atoms with E-state index in [1.165, 1.54) is 12.5 Å². The maximum Gasteiger partial charge on any atom is 0.256 e. The molecule has 1 fully saturated rings. The third kappa shape index (κ3) is 3.21. The van der Waals surface area contributed by atoms with Gasteiger partial charge in [-0.05, 0) is 32.3 Å². The highest BCUT2D eigenvalue weighted by Crippen LogP contribution is 2.43. The summed E-state index contributed by atoms with van der Waals surface area (Å²) in [6.07, 6.45) is 3.09. The number of aryl methyl sites for hydroxylation is 2. The van der Waals surface area contributed by atoms with E-state index in [2.05, 4.69) is 17.4 Å². The quantitative estimate of drug-likeness (QED) is 0.852. The molecule has 1 saturated carbocycles. The third-order valence-corrected chi connectivity index (χ3v) is 6.06. The molecule has 134 valence electrons. The molecule has 1 heterocycles. The molecule has 25 heavy (non-hydrogen) atoms. The second-order valence-electron chi connectivity index (χ2n) is 6.65. The molecule has 0 unspecified atom stereocenters. The van der Waals surface area contributed by atoms with Crippen molar-refractivity contribution in [3.63, 3.8) is 0 Å². The Morgan fingerprint density at radius 2 is 1.84 bits per heavy atom. The number of hydrogen-bond acceptors (Lipinski definition) is 4. The highest BCUT2D eigenvalue weighted by atomic mass is 32.2. The van der Waals surface area contributed by atoms with Gasteiger partial charge >= 0.3 is 0 Å². The van der Waals surface area contributed by atoms with Crippen LogP contribution >= 0.6 is 0 Å². The molecule has 1 aromatic carbocycles. The second-order valence-corrected chi connectivity index (χ2v) is 8.14. The Labute approximate surface area is 147 Å². The lowest BCUT2D eigenvalue weighted by atomic mass is 9.64. The Balaban J connectivity index is 1.85. The zero-order chi connectivity index (χ0) is 18.2. The van der Waals surface area contributed by atoms with E-state index in [4.69, 9.17) is 9.56 Å². The van der Waals surface area contributed by atoms with Gasteiger partial charge in [0.1, 0.15) is 22.0 Å². The first-order valence-electron chi connectivity index (χ1n) is 8.21. The summed E-state index contributed by atoms with van der Waals surface area (Å²) in [5.74, 6) is -0.0893. The number of furan rings is 1. The predicted octanol–water partition coefficient (Wildman–Crippen LogP) is 2.40. The molecule has 6 nitrogen and oxygen atoms in total. The molecule has 1 aliphatic carbocycles. The van der Waals surface area contributed by atoms with Crippen LogP contribution in [0.1, 0.15) is 46.7 Å². The molecule has 1 aliphatic rings. The fraction of sp³-hybridized carbons (Fsp3) is 0.389. The largest absolute Gasteiger partial charge is 0.464 e. The summed E-state index contributed by atoms with van der Waals surface area (Å²) < 4.78 is 29.0. The Morgan fingerprint density at radius 3 is 2.36 bits per heavy atom. The van der Waals surface area contributed by atoms with E-state index in [1.54, 1.807) is 6.92 Å². The van der Waals surface area contributed by atoms with E-state index >= 15 is 0 Å². The predicted molar refractivity (Wildman–Crippen MR) is 93.9 cm³/mol. The van der Waals surface area contributed by atoms with Crippen LogP contribution in [0.15, 0.2) is 39.6 Å². The van der Waals surface area contributed by atoms with E-state index in [0.29, 0.717) is 6.54 Å². The number of hydrogen-bond donors (Lipinski definition) is 2.